The molecule has 1 aliphatic carbocycles. The van der Waals surface area contributed by atoms with Crippen LogP contribution in [-0.2, 0) is 0 Å². The lowest BCUT2D eigenvalue weighted by molar-refractivity contribution is 0.410. The summed E-state index contributed by atoms with van der Waals surface area (Å²) in [6.07, 6.45) is 3.94. The molecule has 1 fully saturated rings. The topological polar surface area (TPSA) is 29.0 Å². The van der Waals surface area contributed by atoms with Crippen molar-refractivity contribution in [2.45, 2.75) is 32.1 Å². The average molecular weight is 191 g/mol. The maximum Gasteiger partial charge on any atom is 0.225 e. The Hall–Kier alpha value is -1.12. The van der Waals surface area contributed by atoms with Gasteiger partial charge in [-0.15, -0.1) is 0 Å². The van der Waals surface area contributed by atoms with Gasteiger partial charge >= 0.3 is 0 Å². The van der Waals surface area contributed by atoms with Crippen LogP contribution < -0.4 is 4.90 Å². The summed E-state index contributed by atoms with van der Waals surface area (Å²) in [6, 6.07) is 2.12. The highest BCUT2D eigenvalue weighted by Crippen LogP contribution is 2.35. The Balaban J connectivity index is 2.30. The van der Waals surface area contributed by atoms with Gasteiger partial charge in [0.05, 0.1) is 0 Å². The molecule has 76 valence electrons. The zero-order chi connectivity index (χ0) is 10.1. The summed E-state index contributed by atoms with van der Waals surface area (Å²) in [6.45, 7) is 2.04. The minimum atomic E-state index is 0.690. The first-order valence-corrected chi connectivity index (χ1v) is 5.19. The molecule has 0 bridgehead atoms. The SMILES string of the molecule is Cc1cc(C2CCC2)nc(N(C)C)n1. The van der Waals surface area contributed by atoms with Crippen LogP contribution in [0.5, 0.6) is 0 Å². The first-order chi connectivity index (χ1) is 6.66. The normalized spacial score (nSPS) is 16.5. The van der Waals surface area contributed by atoms with Gasteiger partial charge in [0.1, 0.15) is 0 Å². The number of aryl methyl sites for hydroxylation is 1. The molecule has 2 rings (SSSR count). The van der Waals surface area contributed by atoms with Crippen LogP contribution >= 0.6 is 0 Å². The van der Waals surface area contributed by atoms with Crippen LogP contribution in [0.15, 0.2) is 6.07 Å². The molecule has 0 radical (unpaired) electrons. The maximum atomic E-state index is 4.57. The third-order valence-corrected chi connectivity index (χ3v) is 2.79. The highest BCUT2D eigenvalue weighted by Gasteiger charge is 2.21. The highest BCUT2D eigenvalue weighted by molar-refractivity contribution is 5.31. The van der Waals surface area contributed by atoms with Crippen molar-refractivity contribution in [1.82, 2.24) is 9.97 Å². The van der Waals surface area contributed by atoms with Gasteiger partial charge in [-0.2, -0.15) is 0 Å². The minimum Gasteiger partial charge on any atom is -0.347 e. The van der Waals surface area contributed by atoms with Gasteiger partial charge in [-0.25, -0.2) is 9.97 Å². The first-order valence-electron chi connectivity index (χ1n) is 5.19. The third kappa shape index (κ3) is 1.72. The van der Waals surface area contributed by atoms with Gasteiger partial charge in [-0.05, 0) is 25.8 Å². The molecule has 14 heavy (non-hydrogen) atoms. The van der Waals surface area contributed by atoms with E-state index in [4.69, 9.17) is 0 Å². The van der Waals surface area contributed by atoms with E-state index in [1.165, 1.54) is 25.0 Å². The lowest BCUT2D eigenvalue weighted by atomic mass is 9.83. The fourth-order valence-electron chi connectivity index (χ4n) is 1.69. The van der Waals surface area contributed by atoms with Crippen molar-refractivity contribution in [2.75, 3.05) is 19.0 Å². The minimum absolute atomic E-state index is 0.690. The second-order valence-corrected chi connectivity index (χ2v) is 4.26. The molecule has 1 aromatic heterocycles. The Kier molecular flexibility index (Phi) is 2.40. The molecular formula is C11H17N3. The summed E-state index contributed by atoms with van der Waals surface area (Å²) in [5.74, 6) is 1.53. The van der Waals surface area contributed by atoms with E-state index in [1.807, 2.05) is 25.9 Å². The van der Waals surface area contributed by atoms with Crippen molar-refractivity contribution in [3.8, 4) is 0 Å². The van der Waals surface area contributed by atoms with Gasteiger partial charge in [-0.3, -0.25) is 0 Å². The Morgan fingerprint density at radius 3 is 2.50 bits per heavy atom. The summed E-state index contributed by atoms with van der Waals surface area (Å²) >= 11 is 0. The molecule has 0 aromatic carbocycles. The molecule has 1 heterocycles. The van der Waals surface area contributed by atoms with Gasteiger partial charge in [-0.1, -0.05) is 6.42 Å². The van der Waals surface area contributed by atoms with Crippen molar-refractivity contribution >= 4 is 5.95 Å². The lowest BCUT2D eigenvalue weighted by Gasteiger charge is -2.25. The molecule has 1 aliphatic rings. The predicted molar refractivity (Wildman–Crippen MR) is 57.7 cm³/mol. The van der Waals surface area contributed by atoms with E-state index in [1.54, 1.807) is 0 Å². The fraction of sp³-hybridized carbons (Fsp3) is 0.636. The standard InChI is InChI=1S/C11H17N3/c1-8-7-10(9-5-4-6-9)13-11(12-8)14(2)3/h7,9H,4-6H2,1-3H3. The first kappa shape index (κ1) is 9.44. The Morgan fingerprint density at radius 1 is 1.29 bits per heavy atom. The van der Waals surface area contributed by atoms with Gasteiger partial charge in [0.15, 0.2) is 0 Å². The number of anilines is 1. The number of aromatic nitrogens is 2. The van der Waals surface area contributed by atoms with Crippen molar-refractivity contribution in [3.05, 3.63) is 17.5 Å². The summed E-state index contributed by atoms with van der Waals surface area (Å²) in [5.41, 5.74) is 2.30. The van der Waals surface area contributed by atoms with Crippen LogP contribution in [0, 0.1) is 6.92 Å². The van der Waals surface area contributed by atoms with E-state index in [0.29, 0.717) is 5.92 Å². The van der Waals surface area contributed by atoms with Gasteiger partial charge in [0.2, 0.25) is 5.95 Å². The van der Waals surface area contributed by atoms with Crippen molar-refractivity contribution in [1.29, 1.82) is 0 Å². The number of rotatable bonds is 2. The van der Waals surface area contributed by atoms with Crippen molar-refractivity contribution < 1.29 is 0 Å². The maximum absolute atomic E-state index is 4.57. The molecule has 0 atom stereocenters. The molecule has 0 amide bonds. The largest absolute Gasteiger partial charge is 0.347 e. The monoisotopic (exact) mass is 191 g/mol. The molecule has 0 N–H and O–H groups in total. The third-order valence-electron chi connectivity index (χ3n) is 2.79. The smallest absolute Gasteiger partial charge is 0.225 e. The Morgan fingerprint density at radius 2 is 2.00 bits per heavy atom. The van der Waals surface area contributed by atoms with E-state index in [2.05, 4.69) is 16.0 Å². The van der Waals surface area contributed by atoms with Crippen molar-refractivity contribution in [3.63, 3.8) is 0 Å². The van der Waals surface area contributed by atoms with E-state index >= 15 is 0 Å². The van der Waals surface area contributed by atoms with Gasteiger partial charge < -0.3 is 4.90 Å². The Labute approximate surface area is 85.2 Å². The van der Waals surface area contributed by atoms with Crippen LogP contribution in [0.25, 0.3) is 0 Å². The summed E-state index contributed by atoms with van der Waals surface area (Å²) in [4.78, 5) is 10.9. The predicted octanol–water partition coefficient (Wildman–Crippen LogP) is 2.12. The van der Waals surface area contributed by atoms with Crippen LogP contribution in [-0.4, -0.2) is 24.1 Å². The van der Waals surface area contributed by atoms with Crippen LogP contribution in [0.2, 0.25) is 0 Å². The number of hydrogen-bond donors (Lipinski definition) is 0. The van der Waals surface area contributed by atoms with Crippen molar-refractivity contribution in [2.24, 2.45) is 0 Å². The molecule has 1 aromatic rings. The zero-order valence-electron chi connectivity index (χ0n) is 9.12. The highest BCUT2D eigenvalue weighted by atomic mass is 15.2. The van der Waals surface area contributed by atoms with E-state index in [0.717, 1.165) is 11.6 Å². The van der Waals surface area contributed by atoms with E-state index in [9.17, 15) is 0 Å². The summed E-state index contributed by atoms with van der Waals surface area (Å²) in [7, 11) is 3.97. The molecule has 0 spiro atoms. The molecule has 3 nitrogen and oxygen atoms in total. The zero-order valence-corrected chi connectivity index (χ0v) is 9.12. The van der Waals surface area contributed by atoms with Gasteiger partial charge in [0.25, 0.3) is 0 Å². The number of hydrogen-bond acceptors (Lipinski definition) is 3. The molecular weight excluding hydrogens is 174 g/mol. The lowest BCUT2D eigenvalue weighted by Crippen LogP contribution is -2.17. The van der Waals surface area contributed by atoms with E-state index < -0.39 is 0 Å². The molecule has 0 unspecified atom stereocenters. The molecule has 0 aliphatic heterocycles. The van der Waals surface area contributed by atoms with Crippen LogP contribution in [0.4, 0.5) is 5.95 Å². The van der Waals surface area contributed by atoms with Crippen LogP contribution in [0.3, 0.4) is 0 Å². The summed E-state index contributed by atoms with van der Waals surface area (Å²) < 4.78 is 0. The second-order valence-electron chi connectivity index (χ2n) is 4.26. The molecule has 0 saturated heterocycles. The van der Waals surface area contributed by atoms with E-state index in [-0.39, 0.29) is 0 Å². The number of nitrogens with zero attached hydrogens (tertiary/aromatic N) is 3. The quantitative estimate of drug-likeness (QED) is 0.717. The molecule has 3 heteroatoms. The molecule has 1 saturated carbocycles. The Bertz CT molecular complexity index is 329. The van der Waals surface area contributed by atoms with Crippen LogP contribution in [0.1, 0.15) is 36.6 Å². The summed E-state index contributed by atoms with van der Waals surface area (Å²) in [5, 5.41) is 0. The second kappa shape index (κ2) is 3.56. The fourth-order valence-corrected chi connectivity index (χ4v) is 1.69. The van der Waals surface area contributed by atoms with Gasteiger partial charge in [0, 0.05) is 31.4 Å². The average Bonchev–Trinajstić information content (AvgIpc) is 1.99.